The zero-order valence-electron chi connectivity index (χ0n) is 19.6. The summed E-state index contributed by atoms with van der Waals surface area (Å²) in [6.07, 6.45) is 1.72. The molecule has 1 aliphatic heterocycles. The molecule has 0 atom stereocenters. The van der Waals surface area contributed by atoms with Crippen LogP contribution < -0.4 is 24.4 Å². The van der Waals surface area contributed by atoms with Gasteiger partial charge in [-0.05, 0) is 70.0 Å². The Morgan fingerprint density at radius 1 is 1.08 bits per heavy atom. The van der Waals surface area contributed by atoms with E-state index < -0.39 is 0 Å². The highest BCUT2D eigenvalue weighted by Gasteiger charge is 2.33. The van der Waals surface area contributed by atoms with E-state index in [4.69, 9.17) is 38.0 Å². The summed E-state index contributed by atoms with van der Waals surface area (Å²) in [7, 11) is 3.03. The van der Waals surface area contributed by atoms with Crippen molar-refractivity contribution >= 4 is 85.1 Å². The number of nitrogens with zero attached hydrogens (tertiary/aromatic N) is 1. The Hall–Kier alpha value is -3.05. The number of carbonyl (C=O) groups excluding carboxylic acids is 2. The highest BCUT2D eigenvalue weighted by molar-refractivity contribution is 9.10. The van der Waals surface area contributed by atoms with Gasteiger partial charge in [0, 0.05) is 4.47 Å². The highest BCUT2D eigenvalue weighted by Crippen LogP contribution is 2.39. The molecule has 3 aromatic carbocycles. The zero-order valence-corrected chi connectivity index (χ0v) is 23.6. The van der Waals surface area contributed by atoms with Gasteiger partial charge in [-0.15, -0.1) is 0 Å². The first kappa shape index (κ1) is 27.0. The number of hydrogen-bond donors (Lipinski definition) is 1. The van der Waals surface area contributed by atoms with Crippen molar-refractivity contribution in [2.75, 3.05) is 31.0 Å². The van der Waals surface area contributed by atoms with E-state index in [1.165, 1.54) is 30.9 Å². The third-order valence-electron chi connectivity index (χ3n) is 5.18. The topological polar surface area (TPSA) is 77.1 Å². The molecule has 4 rings (SSSR count). The van der Waals surface area contributed by atoms with E-state index >= 15 is 0 Å². The molecule has 1 aliphatic rings. The molecule has 1 saturated heterocycles. The zero-order chi connectivity index (χ0) is 26.5. The Bertz CT molecular complexity index is 1420. The van der Waals surface area contributed by atoms with Crippen LogP contribution in [0, 0.1) is 0 Å². The number of anilines is 2. The summed E-state index contributed by atoms with van der Waals surface area (Å²) in [6, 6.07) is 17.5. The molecule has 0 aliphatic carbocycles. The van der Waals surface area contributed by atoms with Gasteiger partial charge in [-0.1, -0.05) is 53.8 Å². The van der Waals surface area contributed by atoms with E-state index in [0.717, 1.165) is 4.47 Å². The van der Waals surface area contributed by atoms with Gasteiger partial charge in [0.15, 0.2) is 22.4 Å². The SMILES string of the molecule is COc1ccccc1NC(=O)COc1ccc(C=C2SC(=S)N(c3ccc(Br)c(Cl)c3)C2=O)cc1OC. The first-order chi connectivity index (χ1) is 17.8. The smallest absolute Gasteiger partial charge is 0.270 e. The molecule has 2 amide bonds. The minimum atomic E-state index is -0.354. The third-order valence-corrected chi connectivity index (χ3v) is 7.72. The molecule has 7 nitrogen and oxygen atoms in total. The number of hydrogen-bond acceptors (Lipinski definition) is 7. The third kappa shape index (κ3) is 6.27. The maximum Gasteiger partial charge on any atom is 0.270 e. The molecular formula is C26H20BrClN2O5S2. The first-order valence-electron chi connectivity index (χ1n) is 10.8. The van der Waals surface area contributed by atoms with Gasteiger partial charge in [-0.25, -0.2) is 0 Å². The lowest BCUT2D eigenvalue weighted by molar-refractivity contribution is -0.118. The summed E-state index contributed by atoms with van der Waals surface area (Å²) in [6.45, 7) is -0.234. The highest BCUT2D eigenvalue weighted by atomic mass is 79.9. The summed E-state index contributed by atoms with van der Waals surface area (Å²) in [4.78, 5) is 27.4. The molecular weight excluding hydrogens is 600 g/mol. The van der Waals surface area contributed by atoms with Crippen molar-refractivity contribution in [2.45, 2.75) is 0 Å². The van der Waals surface area contributed by atoms with E-state index in [1.807, 2.05) is 6.07 Å². The second kappa shape index (κ2) is 12.0. The molecule has 0 bridgehead atoms. The Labute approximate surface area is 236 Å². The number of nitrogens with one attached hydrogen (secondary N) is 1. The van der Waals surface area contributed by atoms with Crippen molar-refractivity contribution in [1.82, 2.24) is 0 Å². The van der Waals surface area contributed by atoms with Crippen LogP contribution in [0.5, 0.6) is 17.2 Å². The van der Waals surface area contributed by atoms with Crippen molar-refractivity contribution in [3.8, 4) is 17.2 Å². The number of carbonyl (C=O) groups is 2. The number of thioether (sulfide) groups is 1. The monoisotopic (exact) mass is 618 g/mol. The second-order valence-electron chi connectivity index (χ2n) is 7.56. The molecule has 0 aromatic heterocycles. The fourth-order valence-electron chi connectivity index (χ4n) is 3.44. The number of thiocarbonyl (C=S) groups is 1. The van der Waals surface area contributed by atoms with Gasteiger partial charge in [0.05, 0.1) is 35.5 Å². The van der Waals surface area contributed by atoms with Crippen molar-refractivity contribution in [2.24, 2.45) is 0 Å². The Morgan fingerprint density at radius 3 is 2.57 bits per heavy atom. The van der Waals surface area contributed by atoms with Gasteiger partial charge >= 0.3 is 0 Å². The largest absolute Gasteiger partial charge is 0.495 e. The fourth-order valence-corrected chi connectivity index (χ4v) is 5.16. The number of halogens is 2. The van der Waals surface area contributed by atoms with Crippen LogP contribution in [0.2, 0.25) is 5.02 Å². The molecule has 0 unspecified atom stereocenters. The Balaban J connectivity index is 1.46. The lowest BCUT2D eigenvalue weighted by Gasteiger charge is -2.15. The lowest BCUT2D eigenvalue weighted by atomic mass is 10.2. The summed E-state index contributed by atoms with van der Waals surface area (Å²) in [5, 5.41) is 3.23. The van der Waals surface area contributed by atoms with Crippen LogP contribution in [-0.2, 0) is 9.59 Å². The van der Waals surface area contributed by atoms with E-state index in [2.05, 4.69) is 21.2 Å². The van der Waals surface area contributed by atoms with Crippen LogP contribution in [-0.4, -0.2) is 37.0 Å². The number of ether oxygens (including phenoxy) is 3. The van der Waals surface area contributed by atoms with E-state index in [0.29, 0.717) is 48.4 Å². The van der Waals surface area contributed by atoms with Gasteiger partial charge < -0.3 is 19.5 Å². The average molecular weight is 620 g/mol. The maximum atomic E-state index is 13.1. The molecule has 0 spiro atoms. The molecule has 37 heavy (non-hydrogen) atoms. The molecule has 0 saturated carbocycles. The van der Waals surface area contributed by atoms with E-state index in [1.54, 1.807) is 60.7 Å². The average Bonchev–Trinajstić information content (AvgIpc) is 3.17. The quantitative estimate of drug-likeness (QED) is 0.227. The van der Waals surface area contributed by atoms with Gasteiger partial charge in [-0.2, -0.15) is 0 Å². The van der Waals surface area contributed by atoms with Crippen molar-refractivity contribution in [3.05, 3.63) is 80.6 Å². The Morgan fingerprint density at radius 2 is 1.84 bits per heavy atom. The Kier molecular flexibility index (Phi) is 8.75. The van der Waals surface area contributed by atoms with Crippen molar-refractivity contribution in [3.63, 3.8) is 0 Å². The van der Waals surface area contributed by atoms with Gasteiger partial charge in [0.2, 0.25) is 0 Å². The number of rotatable bonds is 8. The normalized spacial score (nSPS) is 14.2. The fraction of sp³-hybridized carbons (Fsp3) is 0.115. The van der Waals surface area contributed by atoms with Gasteiger partial charge in [0.1, 0.15) is 5.75 Å². The predicted molar refractivity (Wildman–Crippen MR) is 155 cm³/mol. The summed E-state index contributed by atoms with van der Waals surface area (Å²) >= 11 is 16.2. The van der Waals surface area contributed by atoms with Gasteiger partial charge in [-0.3, -0.25) is 14.5 Å². The summed E-state index contributed by atoms with van der Waals surface area (Å²) in [5.74, 6) is 0.736. The van der Waals surface area contributed by atoms with Crippen LogP contribution in [0.4, 0.5) is 11.4 Å². The van der Waals surface area contributed by atoms with E-state index in [9.17, 15) is 9.59 Å². The predicted octanol–water partition coefficient (Wildman–Crippen LogP) is 6.54. The van der Waals surface area contributed by atoms with Gasteiger partial charge in [0.25, 0.3) is 11.8 Å². The molecule has 0 radical (unpaired) electrons. The molecule has 1 fully saturated rings. The second-order valence-corrected chi connectivity index (χ2v) is 10.5. The van der Waals surface area contributed by atoms with E-state index in [-0.39, 0.29) is 18.4 Å². The standard InChI is InChI=1S/C26H20BrClN2O5S2/c1-33-20-6-4-3-5-19(20)29-24(31)14-35-21-10-7-15(11-22(21)34-2)12-23-25(32)30(26(36)37-23)16-8-9-17(27)18(28)13-16/h3-13H,14H2,1-2H3,(H,29,31). The maximum absolute atomic E-state index is 13.1. The number of methoxy groups -OCH3 is 2. The molecule has 11 heteroatoms. The van der Waals surface area contributed by atoms with Crippen LogP contribution >= 0.6 is 51.5 Å². The van der Waals surface area contributed by atoms with Crippen LogP contribution in [0.1, 0.15) is 5.56 Å². The minimum absolute atomic E-state index is 0.234. The number of benzene rings is 3. The molecule has 190 valence electrons. The number of amides is 2. The molecule has 1 N–H and O–H groups in total. The van der Waals surface area contributed by atoms with Crippen LogP contribution in [0.25, 0.3) is 6.08 Å². The van der Waals surface area contributed by atoms with Crippen molar-refractivity contribution < 1.29 is 23.8 Å². The minimum Gasteiger partial charge on any atom is -0.495 e. The van der Waals surface area contributed by atoms with Crippen LogP contribution in [0.3, 0.4) is 0 Å². The molecule has 1 heterocycles. The lowest BCUT2D eigenvalue weighted by Crippen LogP contribution is -2.27. The first-order valence-corrected chi connectivity index (χ1v) is 13.2. The van der Waals surface area contributed by atoms with Crippen LogP contribution in [0.15, 0.2) is 70.0 Å². The van der Waals surface area contributed by atoms with Crippen molar-refractivity contribution in [1.29, 1.82) is 0 Å². The number of para-hydroxylation sites is 2. The molecule has 3 aromatic rings. The summed E-state index contributed by atoms with van der Waals surface area (Å²) in [5.41, 5.74) is 1.84. The summed E-state index contributed by atoms with van der Waals surface area (Å²) < 4.78 is 17.5.